The first-order chi connectivity index (χ1) is 9.94. The van der Waals surface area contributed by atoms with E-state index >= 15 is 0 Å². The van der Waals surface area contributed by atoms with Crippen LogP contribution in [0.2, 0.25) is 0 Å². The maximum Gasteiger partial charge on any atom is 0.241 e. The van der Waals surface area contributed by atoms with Crippen molar-refractivity contribution in [3.63, 3.8) is 0 Å². The molecule has 0 heterocycles. The van der Waals surface area contributed by atoms with Crippen molar-refractivity contribution in [1.29, 1.82) is 0 Å². The minimum Gasteiger partial charge on any atom is -0.396 e. The van der Waals surface area contributed by atoms with Crippen LogP contribution >= 0.6 is 0 Å². The van der Waals surface area contributed by atoms with Gasteiger partial charge in [-0.25, -0.2) is 17.5 Å². The molecule has 0 amide bonds. The molecule has 21 heavy (non-hydrogen) atoms. The third-order valence-electron chi connectivity index (χ3n) is 2.96. The molecule has 2 aromatic rings. The summed E-state index contributed by atoms with van der Waals surface area (Å²) in [5.74, 6) is -0.685. The van der Waals surface area contributed by atoms with Gasteiger partial charge in [-0.2, -0.15) is 0 Å². The zero-order chi connectivity index (χ0) is 15.5. The highest BCUT2D eigenvalue weighted by molar-refractivity contribution is 7.89. The number of sulfonamides is 1. The molecule has 0 saturated heterocycles. The maximum atomic E-state index is 13.1. The Morgan fingerprint density at radius 3 is 2.43 bits per heavy atom. The molecule has 7 heteroatoms. The van der Waals surface area contributed by atoms with E-state index in [0.717, 1.165) is 18.2 Å². The Hall–Kier alpha value is -1.96. The Morgan fingerprint density at radius 2 is 1.86 bits per heavy atom. The topological polar surface area (TPSA) is 92.4 Å². The van der Waals surface area contributed by atoms with Gasteiger partial charge < -0.3 is 10.8 Å². The van der Waals surface area contributed by atoms with Crippen LogP contribution < -0.4 is 10.5 Å². The largest absolute Gasteiger partial charge is 0.396 e. The zero-order valence-electron chi connectivity index (χ0n) is 11.0. The molecule has 0 bridgehead atoms. The first-order valence-electron chi connectivity index (χ1n) is 6.17. The number of benzene rings is 2. The lowest BCUT2D eigenvalue weighted by Gasteiger charge is -2.17. The SMILES string of the molecule is Nc1cc(S(=O)(=O)N[C@@H](CO)c2ccccc2)ccc1F. The molecule has 1 atom stereocenters. The molecule has 5 nitrogen and oxygen atoms in total. The van der Waals surface area contributed by atoms with Crippen molar-refractivity contribution in [3.8, 4) is 0 Å². The average Bonchev–Trinajstić information content (AvgIpc) is 2.48. The number of nitrogens with one attached hydrogen (secondary N) is 1. The second-order valence-corrected chi connectivity index (χ2v) is 6.16. The summed E-state index contributed by atoms with van der Waals surface area (Å²) in [5, 5.41) is 9.38. The molecule has 0 fully saturated rings. The van der Waals surface area contributed by atoms with Gasteiger partial charge in [0.05, 0.1) is 23.2 Å². The Labute approximate surface area is 122 Å². The summed E-state index contributed by atoms with van der Waals surface area (Å²) < 4.78 is 39.9. The van der Waals surface area contributed by atoms with E-state index in [1.807, 2.05) is 0 Å². The molecule has 0 unspecified atom stereocenters. The van der Waals surface area contributed by atoms with Gasteiger partial charge in [-0.3, -0.25) is 0 Å². The fraction of sp³-hybridized carbons (Fsp3) is 0.143. The van der Waals surface area contributed by atoms with Crippen LogP contribution in [-0.4, -0.2) is 20.1 Å². The quantitative estimate of drug-likeness (QED) is 0.728. The van der Waals surface area contributed by atoms with Gasteiger partial charge in [0, 0.05) is 0 Å². The van der Waals surface area contributed by atoms with Crippen molar-refractivity contribution in [2.45, 2.75) is 10.9 Å². The second kappa shape index (κ2) is 6.21. The summed E-state index contributed by atoms with van der Waals surface area (Å²) in [6.07, 6.45) is 0. The number of anilines is 1. The van der Waals surface area contributed by atoms with E-state index in [-0.39, 0.29) is 10.6 Å². The predicted molar refractivity (Wildman–Crippen MR) is 77.4 cm³/mol. The number of aliphatic hydroxyl groups excluding tert-OH is 1. The zero-order valence-corrected chi connectivity index (χ0v) is 11.8. The van der Waals surface area contributed by atoms with Crippen LogP contribution in [0, 0.1) is 5.82 Å². The Kier molecular flexibility index (Phi) is 4.56. The second-order valence-electron chi connectivity index (χ2n) is 4.45. The summed E-state index contributed by atoms with van der Waals surface area (Å²) in [4.78, 5) is -0.157. The first-order valence-corrected chi connectivity index (χ1v) is 7.65. The number of halogens is 1. The Balaban J connectivity index is 2.29. The molecule has 4 N–H and O–H groups in total. The molecule has 0 aliphatic carbocycles. The number of nitrogen functional groups attached to an aromatic ring is 1. The number of hydrogen-bond acceptors (Lipinski definition) is 4. The highest BCUT2D eigenvalue weighted by atomic mass is 32.2. The molecule has 2 rings (SSSR count). The minimum absolute atomic E-state index is 0.157. The van der Waals surface area contributed by atoms with Crippen molar-refractivity contribution in [1.82, 2.24) is 4.72 Å². The van der Waals surface area contributed by atoms with Crippen molar-refractivity contribution in [2.24, 2.45) is 0 Å². The molecule has 0 aromatic heterocycles. The molecule has 0 radical (unpaired) electrons. The molecule has 112 valence electrons. The van der Waals surface area contributed by atoms with Gasteiger partial charge >= 0.3 is 0 Å². The van der Waals surface area contributed by atoms with Crippen LogP contribution in [-0.2, 0) is 10.0 Å². The molecule has 2 aromatic carbocycles. The number of hydrogen-bond donors (Lipinski definition) is 3. The Bertz CT molecular complexity index is 720. The highest BCUT2D eigenvalue weighted by Crippen LogP contribution is 2.20. The van der Waals surface area contributed by atoms with Crippen molar-refractivity contribution in [2.75, 3.05) is 12.3 Å². The van der Waals surface area contributed by atoms with Gasteiger partial charge in [0.25, 0.3) is 0 Å². The summed E-state index contributed by atoms with van der Waals surface area (Å²) >= 11 is 0. The van der Waals surface area contributed by atoms with Gasteiger partial charge in [-0.05, 0) is 23.8 Å². The summed E-state index contributed by atoms with van der Waals surface area (Å²) in [6.45, 7) is -0.403. The standard InChI is InChI=1S/C14H15FN2O3S/c15-12-7-6-11(8-13(12)16)21(19,20)17-14(9-18)10-4-2-1-3-5-10/h1-8,14,17-18H,9,16H2/t14-/m0/s1. The summed E-state index contributed by atoms with van der Waals surface area (Å²) in [5.41, 5.74) is 5.75. The predicted octanol–water partition coefficient (Wildman–Crippen LogP) is 1.42. The third kappa shape index (κ3) is 3.57. The molecule has 0 aliphatic heterocycles. The fourth-order valence-electron chi connectivity index (χ4n) is 1.84. The number of aliphatic hydroxyl groups is 1. The van der Waals surface area contributed by atoms with Gasteiger partial charge in [0.1, 0.15) is 5.82 Å². The fourth-order valence-corrected chi connectivity index (χ4v) is 3.09. The van der Waals surface area contributed by atoms with Crippen LogP contribution in [0.4, 0.5) is 10.1 Å². The van der Waals surface area contributed by atoms with Gasteiger partial charge in [-0.1, -0.05) is 30.3 Å². The van der Waals surface area contributed by atoms with Crippen molar-refractivity contribution in [3.05, 3.63) is 59.9 Å². The van der Waals surface area contributed by atoms with Gasteiger partial charge in [-0.15, -0.1) is 0 Å². The van der Waals surface area contributed by atoms with Gasteiger partial charge in [0.2, 0.25) is 10.0 Å². The third-order valence-corrected chi connectivity index (χ3v) is 4.43. The number of rotatable bonds is 5. The van der Waals surface area contributed by atoms with E-state index in [2.05, 4.69) is 4.72 Å². The molecule has 0 aliphatic rings. The molecule has 0 spiro atoms. The molecular weight excluding hydrogens is 295 g/mol. The Morgan fingerprint density at radius 1 is 1.19 bits per heavy atom. The smallest absolute Gasteiger partial charge is 0.241 e. The summed E-state index contributed by atoms with van der Waals surface area (Å²) in [6, 6.07) is 11.0. The summed E-state index contributed by atoms with van der Waals surface area (Å²) in [7, 11) is -3.92. The van der Waals surface area contributed by atoms with Crippen LogP contribution in [0.5, 0.6) is 0 Å². The van der Waals surface area contributed by atoms with E-state index in [1.165, 1.54) is 0 Å². The van der Waals surface area contributed by atoms with E-state index in [0.29, 0.717) is 5.56 Å². The van der Waals surface area contributed by atoms with E-state index < -0.39 is 28.5 Å². The normalized spacial score (nSPS) is 13.0. The van der Waals surface area contributed by atoms with Crippen LogP contribution in [0.25, 0.3) is 0 Å². The number of nitrogens with two attached hydrogens (primary N) is 1. The van der Waals surface area contributed by atoms with Gasteiger partial charge in [0.15, 0.2) is 0 Å². The van der Waals surface area contributed by atoms with Crippen LogP contribution in [0.1, 0.15) is 11.6 Å². The van der Waals surface area contributed by atoms with Crippen LogP contribution in [0.3, 0.4) is 0 Å². The van der Waals surface area contributed by atoms with E-state index in [9.17, 15) is 17.9 Å². The maximum absolute atomic E-state index is 13.1. The lowest BCUT2D eigenvalue weighted by molar-refractivity contribution is 0.259. The average molecular weight is 310 g/mol. The van der Waals surface area contributed by atoms with E-state index in [1.54, 1.807) is 30.3 Å². The highest BCUT2D eigenvalue weighted by Gasteiger charge is 2.21. The first kappa shape index (κ1) is 15.4. The van der Waals surface area contributed by atoms with Crippen molar-refractivity contribution < 1.29 is 17.9 Å². The lowest BCUT2D eigenvalue weighted by atomic mass is 10.1. The van der Waals surface area contributed by atoms with Crippen molar-refractivity contribution >= 4 is 15.7 Å². The molecular formula is C14H15FN2O3S. The van der Waals surface area contributed by atoms with E-state index in [4.69, 9.17) is 5.73 Å². The lowest BCUT2D eigenvalue weighted by Crippen LogP contribution is -2.31. The monoisotopic (exact) mass is 310 g/mol. The minimum atomic E-state index is -3.92. The molecule has 0 saturated carbocycles. The van der Waals surface area contributed by atoms with Crippen LogP contribution in [0.15, 0.2) is 53.4 Å².